The topological polar surface area (TPSA) is 76.4 Å². The van der Waals surface area contributed by atoms with Crippen molar-refractivity contribution in [3.8, 4) is 0 Å². The SMILES string of the molecule is CNC(=O)c1ccc(NC2CCCC2OC)c(N)c1. The van der Waals surface area contributed by atoms with Gasteiger partial charge in [-0.2, -0.15) is 0 Å². The first-order valence-electron chi connectivity index (χ1n) is 6.56. The maximum absolute atomic E-state index is 11.5. The van der Waals surface area contributed by atoms with Gasteiger partial charge < -0.3 is 21.1 Å². The van der Waals surface area contributed by atoms with Gasteiger partial charge in [0.15, 0.2) is 0 Å². The molecule has 0 saturated heterocycles. The van der Waals surface area contributed by atoms with Crippen molar-refractivity contribution in [1.82, 2.24) is 5.32 Å². The molecule has 0 aromatic heterocycles. The first-order valence-corrected chi connectivity index (χ1v) is 6.56. The van der Waals surface area contributed by atoms with Crippen molar-refractivity contribution in [3.63, 3.8) is 0 Å². The van der Waals surface area contributed by atoms with Gasteiger partial charge >= 0.3 is 0 Å². The third-order valence-corrected chi connectivity index (χ3v) is 3.64. The van der Waals surface area contributed by atoms with Gasteiger partial charge in [0.1, 0.15) is 0 Å². The summed E-state index contributed by atoms with van der Waals surface area (Å²) in [5, 5.41) is 5.99. The van der Waals surface area contributed by atoms with Crippen LogP contribution in [0.1, 0.15) is 29.6 Å². The Hall–Kier alpha value is -1.75. The fraction of sp³-hybridized carbons (Fsp3) is 0.500. The molecule has 104 valence electrons. The lowest BCUT2D eigenvalue weighted by atomic mass is 10.1. The largest absolute Gasteiger partial charge is 0.397 e. The van der Waals surface area contributed by atoms with Crippen LogP contribution in [0.4, 0.5) is 11.4 Å². The van der Waals surface area contributed by atoms with Crippen molar-refractivity contribution in [2.45, 2.75) is 31.4 Å². The number of rotatable bonds is 4. The highest BCUT2D eigenvalue weighted by molar-refractivity contribution is 5.95. The van der Waals surface area contributed by atoms with Crippen molar-refractivity contribution in [3.05, 3.63) is 23.8 Å². The van der Waals surface area contributed by atoms with E-state index >= 15 is 0 Å². The van der Waals surface area contributed by atoms with E-state index < -0.39 is 0 Å². The molecule has 0 bridgehead atoms. The fourth-order valence-corrected chi connectivity index (χ4v) is 2.55. The Kier molecular flexibility index (Phi) is 4.27. The highest BCUT2D eigenvalue weighted by Gasteiger charge is 2.27. The lowest BCUT2D eigenvalue weighted by Gasteiger charge is -2.22. The van der Waals surface area contributed by atoms with Gasteiger partial charge in [-0.05, 0) is 37.5 Å². The minimum absolute atomic E-state index is 0.131. The monoisotopic (exact) mass is 263 g/mol. The molecule has 19 heavy (non-hydrogen) atoms. The van der Waals surface area contributed by atoms with E-state index in [-0.39, 0.29) is 18.1 Å². The molecule has 2 unspecified atom stereocenters. The molecule has 1 aromatic rings. The van der Waals surface area contributed by atoms with Gasteiger partial charge in [-0.3, -0.25) is 4.79 Å². The van der Waals surface area contributed by atoms with E-state index in [4.69, 9.17) is 10.5 Å². The Morgan fingerprint density at radius 2 is 2.21 bits per heavy atom. The Morgan fingerprint density at radius 1 is 1.42 bits per heavy atom. The zero-order chi connectivity index (χ0) is 13.8. The second-order valence-corrected chi connectivity index (χ2v) is 4.84. The standard InChI is InChI=1S/C14H21N3O2/c1-16-14(18)9-6-7-11(10(15)8-9)17-12-4-3-5-13(12)19-2/h6-8,12-13,17H,3-5,15H2,1-2H3,(H,16,18). The van der Waals surface area contributed by atoms with E-state index in [2.05, 4.69) is 10.6 Å². The predicted octanol–water partition coefficient (Wildman–Crippen LogP) is 1.61. The van der Waals surface area contributed by atoms with Crippen LogP contribution in [0.5, 0.6) is 0 Å². The number of nitrogen functional groups attached to an aromatic ring is 1. The van der Waals surface area contributed by atoms with E-state index in [1.54, 1.807) is 26.3 Å². The summed E-state index contributed by atoms with van der Waals surface area (Å²) in [5.74, 6) is -0.131. The van der Waals surface area contributed by atoms with Gasteiger partial charge in [-0.25, -0.2) is 0 Å². The van der Waals surface area contributed by atoms with Crippen LogP contribution in [0.25, 0.3) is 0 Å². The summed E-state index contributed by atoms with van der Waals surface area (Å²) in [5.41, 5.74) is 8.01. The molecule has 0 radical (unpaired) electrons. The zero-order valence-electron chi connectivity index (χ0n) is 11.4. The predicted molar refractivity (Wildman–Crippen MR) is 76.3 cm³/mol. The molecule has 2 rings (SSSR count). The first-order chi connectivity index (χ1) is 9.15. The summed E-state index contributed by atoms with van der Waals surface area (Å²) in [6, 6.07) is 5.61. The number of methoxy groups -OCH3 is 1. The van der Waals surface area contributed by atoms with Crippen molar-refractivity contribution >= 4 is 17.3 Å². The summed E-state index contributed by atoms with van der Waals surface area (Å²) in [7, 11) is 3.34. The lowest BCUT2D eigenvalue weighted by molar-refractivity contribution is 0.0963. The quantitative estimate of drug-likeness (QED) is 0.721. The average Bonchev–Trinajstić information content (AvgIpc) is 2.87. The Balaban J connectivity index is 2.11. The minimum atomic E-state index is -0.131. The number of hydrogen-bond donors (Lipinski definition) is 3. The average molecular weight is 263 g/mol. The van der Waals surface area contributed by atoms with Crippen LogP contribution < -0.4 is 16.4 Å². The highest BCUT2D eigenvalue weighted by Crippen LogP contribution is 2.28. The molecule has 1 aromatic carbocycles. The Morgan fingerprint density at radius 3 is 2.84 bits per heavy atom. The number of carbonyl (C=O) groups is 1. The van der Waals surface area contributed by atoms with Crippen LogP contribution >= 0.6 is 0 Å². The van der Waals surface area contributed by atoms with E-state index in [0.29, 0.717) is 11.3 Å². The van der Waals surface area contributed by atoms with E-state index in [1.165, 1.54) is 0 Å². The normalized spacial score (nSPS) is 22.2. The van der Waals surface area contributed by atoms with Crippen molar-refractivity contribution in [1.29, 1.82) is 0 Å². The third-order valence-electron chi connectivity index (χ3n) is 3.64. The van der Waals surface area contributed by atoms with Gasteiger partial charge in [0.2, 0.25) is 0 Å². The molecule has 4 N–H and O–H groups in total. The molecular weight excluding hydrogens is 242 g/mol. The molecule has 0 aliphatic heterocycles. The lowest BCUT2D eigenvalue weighted by Crippen LogP contribution is -2.30. The van der Waals surface area contributed by atoms with Crippen LogP contribution in [0.3, 0.4) is 0 Å². The van der Waals surface area contributed by atoms with E-state index in [0.717, 1.165) is 24.9 Å². The molecule has 1 aliphatic carbocycles. The van der Waals surface area contributed by atoms with Crippen LogP contribution in [0.2, 0.25) is 0 Å². The minimum Gasteiger partial charge on any atom is -0.397 e. The second-order valence-electron chi connectivity index (χ2n) is 4.84. The van der Waals surface area contributed by atoms with Crippen molar-refractivity contribution in [2.75, 3.05) is 25.2 Å². The number of amides is 1. The highest BCUT2D eigenvalue weighted by atomic mass is 16.5. The summed E-state index contributed by atoms with van der Waals surface area (Å²) in [4.78, 5) is 11.5. The molecule has 0 heterocycles. The Bertz CT molecular complexity index is 462. The van der Waals surface area contributed by atoms with Crippen molar-refractivity contribution in [2.24, 2.45) is 0 Å². The van der Waals surface area contributed by atoms with Gasteiger partial charge in [-0.15, -0.1) is 0 Å². The number of benzene rings is 1. The Labute approximate surface area is 113 Å². The number of anilines is 2. The van der Waals surface area contributed by atoms with Gasteiger partial charge in [0, 0.05) is 19.7 Å². The first kappa shape index (κ1) is 13.7. The molecule has 5 heteroatoms. The molecule has 1 fully saturated rings. The summed E-state index contributed by atoms with van der Waals surface area (Å²) in [6.07, 6.45) is 3.55. The van der Waals surface area contributed by atoms with E-state index in [9.17, 15) is 4.79 Å². The summed E-state index contributed by atoms with van der Waals surface area (Å²) in [6.45, 7) is 0. The van der Waals surface area contributed by atoms with Crippen LogP contribution in [-0.2, 0) is 4.74 Å². The second kappa shape index (κ2) is 5.93. The maximum Gasteiger partial charge on any atom is 0.251 e. The van der Waals surface area contributed by atoms with Crippen LogP contribution in [0.15, 0.2) is 18.2 Å². The van der Waals surface area contributed by atoms with Crippen LogP contribution in [0, 0.1) is 0 Å². The summed E-state index contributed by atoms with van der Waals surface area (Å²) < 4.78 is 5.45. The van der Waals surface area contributed by atoms with Gasteiger partial charge in [0.05, 0.1) is 23.5 Å². The number of hydrogen-bond acceptors (Lipinski definition) is 4. The van der Waals surface area contributed by atoms with Crippen LogP contribution in [-0.4, -0.2) is 32.2 Å². The number of carbonyl (C=O) groups excluding carboxylic acids is 1. The molecule has 0 spiro atoms. The summed E-state index contributed by atoms with van der Waals surface area (Å²) >= 11 is 0. The smallest absolute Gasteiger partial charge is 0.251 e. The number of ether oxygens (including phenoxy) is 1. The number of nitrogens with one attached hydrogen (secondary N) is 2. The third kappa shape index (κ3) is 2.98. The number of nitrogens with two attached hydrogens (primary N) is 1. The molecule has 1 amide bonds. The fourth-order valence-electron chi connectivity index (χ4n) is 2.55. The molecule has 1 saturated carbocycles. The molecular formula is C14H21N3O2. The van der Waals surface area contributed by atoms with Crippen molar-refractivity contribution < 1.29 is 9.53 Å². The zero-order valence-corrected chi connectivity index (χ0v) is 11.4. The molecule has 1 aliphatic rings. The molecule has 5 nitrogen and oxygen atoms in total. The van der Waals surface area contributed by atoms with E-state index in [1.807, 2.05) is 6.07 Å². The maximum atomic E-state index is 11.5. The van der Waals surface area contributed by atoms with Gasteiger partial charge in [0.25, 0.3) is 5.91 Å². The van der Waals surface area contributed by atoms with Gasteiger partial charge in [-0.1, -0.05) is 0 Å². The molecule has 2 atom stereocenters.